The first-order valence-electron chi connectivity index (χ1n) is 8.87. The summed E-state index contributed by atoms with van der Waals surface area (Å²) in [5.41, 5.74) is 0.651. The maximum Gasteiger partial charge on any atom is 0.219 e. The van der Waals surface area contributed by atoms with Gasteiger partial charge in [0.05, 0.1) is 12.1 Å². The third-order valence-corrected chi connectivity index (χ3v) is 3.81. The largest absolute Gasteiger partial charge is 0.439 e. The molecule has 0 aliphatic rings. The monoisotopic (exact) mass is 502 g/mol. The predicted molar refractivity (Wildman–Crippen MR) is 120 cm³/mol. The molecule has 2 rings (SSSR count). The third kappa shape index (κ3) is 8.39. The highest BCUT2D eigenvalue weighted by molar-refractivity contribution is 14.0. The van der Waals surface area contributed by atoms with Crippen molar-refractivity contribution < 1.29 is 13.9 Å². The molecule has 28 heavy (non-hydrogen) atoms. The van der Waals surface area contributed by atoms with E-state index in [1.54, 1.807) is 31.5 Å². The first-order chi connectivity index (χ1) is 12.9. The summed E-state index contributed by atoms with van der Waals surface area (Å²) in [5.74, 6) is 1.18. The van der Waals surface area contributed by atoms with Crippen LogP contribution in [0.2, 0.25) is 0 Å². The van der Waals surface area contributed by atoms with Crippen LogP contribution >= 0.6 is 24.0 Å². The molecule has 0 aliphatic heterocycles. The lowest BCUT2D eigenvalue weighted by atomic mass is 10.1. The summed E-state index contributed by atoms with van der Waals surface area (Å²) in [7, 11) is 1.69. The van der Waals surface area contributed by atoms with Crippen molar-refractivity contribution in [2.45, 2.75) is 32.9 Å². The van der Waals surface area contributed by atoms with Gasteiger partial charge in [-0.1, -0.05) is 12.1 Å². The van der Waals surface area contributed by atoms with Crippen LogP contribution in [0.3, 0.4) is 0 Å². The zero-order valence-corrected chi connectivity index (χ0v) is 19.0. The van der Waals surface area contributed by atoms with E-state index in [1.165, 1.54) is 12.1 Å². The van der Waals surface area contributed by atoms with Crippen molar-refractivity contribution in [3.8, 4) is 11.6 Å². The number of pyridine rings is 1. The number of halogens is 2. The van der Waals surface area contributed by atoms with E-state index in [2.05, 4.69) is 20.6 Å². The molecule has 0 radical (unpaired) electrons. The molecular formula is C20H28FIN4O2. The second-order valence-electron chi connectivity index (χ2n) is 6.58. The quantitative estimate of drug-likeness (QED) is 0.323. The first-order valence-corrected chi connectivity index (χ1v) is 8.87. The molecule has 0 fully saturated rings. The normalized spacial score (nSPS) is 11.5. The Hall–Kier alpha value is -1.94. The van der Waals surface area contributed by atoms with Crippen LogP contribution < -0.4 is 15.4 Å². The van der Waals surface area contributed by atoms with E-state index in [1.807, 2.05) is 26.8 Å². The Morgan fingerprint density at radius 2 is 2.00 bits per heavy atom. The Balaban J connectivity index is 0.00000392. The van der Waals surface area contributed by atoms with Crippen molar-refractivity contribution >= 4 is 29.9 Å². The van der Waals surface area contributed by atoms with Crippen molar-refractivity contribution in [3.63, 3.8) is 0 Å². The molecule has 0 spiro atoms. The highest BCUT2D eigenvalue weighted by Crippen LogP contribution is 2.20. The molecule has 0 saturated heterocycles. The fourth-order valence-corrected chi connectivity index (χ4v) is 2.10. The lowest BCUT2D eigenvalue weighted by Crippen LogP contribution is -2.45. The van der Waals surface area contributed by atoms with E-state index in [9.17, 15) is 4.39 Å². The maximum atomic E-state index is 13.2. The van der Waals surface area contributed by atoms with Gasteiger partial charge in [0.1, 0.15) is 11.6 Å². The van der Waals surface area contributed by atoms with E-state index in [0.29, 0.717) is 30.7 Å². The van der Waals surface area contributed by atoms with Gasteiger partial charge in [0.15, 0.2) is 5.96 Å². The van der Waals surface area contributed by atoms with Crippen LogP contribution in [0.25, 0.3) is 0 Å². The van der Waals surface area contributed by atoms with Crippen LogP contribution in [-0.4, -0.2) is 36.7 Å². The molecule has 0 atom stereocenters. The summed E-state index contributed by atoms with van der Waals surface area (Å²) in [4.78, 5) is 8.81. The molecule has 0 bridgehead atoms. The number of hydrogen-bond acceptors (Lipinski definition) is 4. The summed E-state index contributed by atoms with van der Waals surface area (Å²) in [5, 5.41) is 6.47. The highest BCUT2D eigenvalue weighted by Gasteiger charge is 2.16. The first kappa shape index (κ1) is 24.1. The van der Waals surface area contributed by atoms with Gasteiger partial charge in [-0.15, -0.1) is 24.0 Å². The summed E-state index contributed by atoms with van der Waals surface area (Å²) in [6, 6.07) is 9.57. The average Bonchev–Trinajstić information content (AvgIpc) is 2.65. The number of benzene rings is 1. The van der Waals surface area contributed by atoms with Crippen LogP contribution in [0.1, 0.15) is 26.3 Å². The maximum absolute atomic E-state index is 13.2. The van der Waals surface area contributed by atoms with Crippen molar-refractivity contribution in [1.82, 2.24) is 15.6 Å². The van der Waals surface area contributed by atoms with Gasteiger partial charge in [0.25, 0.3) is 0 Å². The standard InChI is InChI=1S/C20H27FN4O2.HI/c1-5-22-19(25-14-20(2,3)26-4)24-13-15-9-10-18(23-12-15)27-17-8-6-7-16(21)11-17;/h6-12H,5,13-14H2,1-4H3,(H2,22,24,25);1H. The Morgan fingerprint density at radius 3 is 2.61 bits per heavy atom. The predicted octanol–water partition coefficient (Wildman–Crippen LogP) is 4.11. The number of nitrogens with zero attached hydrogens (tertiary/aromatic N) is 2. The minimum Gasteiger partial charge on any atom is -0.439 e. The number of rotatable bonds is 8. The number of aromatic nitrogens is 1. The van der Waals surface area contributed by atoms with E-state index in [4.69, 9.17) is 9.47 Å². The van der Waals surface area contributed by atoms with Gasteiger partial charge in [0, 0.05) is 38.5 Å². The average molecular weight is 502 g/mol. The molecular weight excluding hydrogens is 474 g/mol. The van der Waals surface area contributed by atoms with E-state index in [-0.39, 0.29) is 35.4 Å². The van der Waals surface area contributed by atoms with Crippen molar-refractivity contribution in [2.75, 3.05) is 20.2 Å². The SMILES string of the molecule is CCNC(=NCc1ccc(Oc2cccc(F)c2)nc1)NCC(C)(C)OC.I. The van der Waals surface area contributed by atoms with Gasteiger partial charge in [-0.05, 0) is 38.5 Å². The Labute approximate surface area is 183 Å². The van der Waals surface area contributed by atoms with Crippen LogP contribution in [-0.2, 0) is 11.3 Å². The van der Waals surface area contributed by atoms with Crippen molar-refractivity contribution in [3.05, 3.63) is 54.0 Å². The lowest BCUT2D eigenvalue weighted by molar-refractivity contribution is 0.0268. The number of ether oxygens (including phenoxy) is 2. The molecule has 0 unspecified atom stereocenters. The van der Waals surface area contributed by atoms with Crippen LogP contribution in [0.4, 0.5) is 4.39 Å². The number of nitrogens with one attached hydrogen (secondary N) is 2. The molecule has 154 valence electrons. The van der Waals surface area contributed by atoms with Crippen LogP contribution in [0.5, 0.6) is 11.6 Å². The van der Waals surface area contributed by atoms with E-state index < -0.39 is 0 Å². The van der Waals surface area contributed by atoms with E-state index in [0.717, 1.165) is 12.1 Å². The molecule has 8 heteroatoms. The fraction of sp³-hybridized carbons (Fsp3) is 0.400. The molecule has 0 amide bonds. The van der Waals surface area contributed by atoms with Crippen molar-refractivity contribution in [1.29, 1.82) is 0 Å². The van der Waals surface area contributed by atoms with Crippen LogP contribution in [0.15, 0.2) is 47.6 Å². The molecule has 2 aromatic rings. The molecule has 1 aromatic heterocycles. The molecule has 1 aromatic carbocycles. The van der Waals surface area contributed by atoms with Crippen LogP contribution in [0, 0.1) is 5.82 Å². The Bertz CT molecular complexity index is 754. The second kappa shape index (κ2) is 11.8. The van der Waals surface area contributed by atoms with Gasteiger partial charge < -0.3 is 20.1 Å². The summed E-state index contributed by atoms with van der Waals surface area (Å²) in [6.45, 7) is 7.89. The second-order valence-corrected chi connectivity index (χ2v) is 6.58. The molecule has 1 heterocycles. The fourth-order valence-electron chi connectivity index (χ4n) is 2.10. The summed E-state index contributed by atoms with van der Waals surface area (Å²) < 4.78 is 24.1. The Kier molecular flexibility index (Phi) is 10.2. The van der Waals surface area contributed by atoms with Gasteiger partial charge in [-0.3, -0.25) is 0 Å². The number of aliphatic imine (C=N–C) groups is 1. The third-order valence-electron chi connectivity index (χ3n) is 3.81. The minimum atomic E-state index is -0.349. The smallest absolute Gasteiger partial charge is 0.219 e. The molecule has 2 N–H and O–H groups in total. The Morgan fingerprint density at radius 1 is 1.21 bits per heavy atom. The summed E-state index contributed by atoms with van der Waals surface area (Å²) >= 11 is 0. The zero-order chi connectivity index (χ0) is 19.7. The lowest BCUT2D eigenvalue weighted by Gasteiger charge is -2.24. The van der Waals surface area contributed by atoms with Gasteiger partial charge in [0.2, 0.25) is 5.88 Å². The molecule has 6 nitrogen and oxygen atoms in total. The van der Waals surface area contributed by atoms with E-state index >= 15 is 0 Å². The van der Waals surface area contributed by atoms with Crippen molar-refractivity contribution in [2.24, 2.45) is 4.99 Å². The van der Waals surface area contributed by atoms with Gasteiger partial charge >= 0.3 is 0 Å². The summed E-state index contributed by atoms with van der Waals surface area (Å²) in [6.07, 6.45) is 1.70. The molecule has 0 aliphatic carbocycles. The number of methoxy groups -OCH3 is 1. The minimum absolute atomic E-state index is 0. The topological polar surface area (TPSA) is 67.8 Å². The van der Waals surface area contributed by atoms with Gasteiger partial charge in [-0.2, -0.15) is 0 Å². The number of guanidine groups is 1. The number of hydrogen-bond donors (Lipinski definition) is 2. The molecule has 0 saturated carbocycles. The van der Waals surface area contributed by atoms with Gasteiger partial charge in [-0.25, -0.2) is 14.4 Å². The zero-order valence-electron chi connectivity index (χ0n) is 16.7. The highest BCUT2D eigenvalue weighted by atomic mass is 127.